The molecule has 2 aromatic carbocycles. The number of aromatic amines is 2. The SMILES string of the molecule is CN1CCN(CCOc2ccc3[nH]c(-c4cc(NC(=O)c5cnn(Cc6ccccc6)c5)c[nH]c4=O)cc3c2)CC1. The number of carbonyl (C=O) groups is 1. The minimum atomic E-state index is -0.308. The number of likely N-dealkylation sites (N-methyl/N-ethyl adjacent to an activating group) is 1. The molecule has 210 valence electrons. The van der Waals surface area contributed by atoms with Gasteiger partial charge in [0, 0.05) is 56.0 Å². The minimum absolute atomic E-state index is 0.256. The second kappa shape index (κ2) is 11.8. The number of anilines is 1. The molecule has 1 aliphatic rings. The van der Waals surface area contributed by atoms with E-state index in [0.717, 1.165) is 54.9 Å². The average molecular weight is 552 g/mol. The summed E-state index contributed by atoms with van der Waals surface area (Å²) in [6.07, 6.45) is 4.73. The van der Waals surface area contributed by atoms with Crippen LogP contribution in [-0.2, 0) is 6.54 Å². The summed E-state index contributed by atoms with van der Waals surface area (Å²) in [7, 11) is 2.15. The van der Waals surface area contributed by atoms with Crippen molar-refractivity contribution in [3.63, 3.8) is 0 Å². The lowest BCUT2D eigenvalue weighted by Gasteiger charge is -2.32. The number of nitrogens with zero attached hydrogens (tertiary/aromatic N) is 4. The first-order chi connectivity index (χ1) is 20.0. The van der Waals surface area contributed by atoms with Gasteiger partial charge in [-0.2, -0.15) is 5.10 Å². The van der Waals surface area contributed by atoms with E-state index in [1.165, 1.54) is 12.4 Å². The van der Waals surface area contributed by atoms with Crippen LogP contribution in [0.5, 0.6) is 5.75 Å². The smallest absolute Gasteiger partial charge is 0.258 e. The fourth-order valence-corrected chi connectivity index (χ4v) is 5.01. The van der Waals surface area contributed by atoms with E-state index in [0.29, 0.717) is 35.7 Å². The number of hydrogen-bond acceptors (Lipinski definition) is 6. The standard InChI is InChI=1S/C31H33N7O3/c1-36-9-11-37(12-10-36)13-14-41-26-7-8-28-23(15-26)16-29(35-28)27-17-25(19-32-31(27)40)34-30(39)24-18-33-38(21-24)20-22-5-3-2-4-6-22/h2-8,15-19,21,35H,9-14,20H2,1H3,(H,32,40)(H,34,39). The highest BCUT2D eigenvalue weighted by atomic mass is 16.5. The van der Waals surface area contributed by atoms with Crippen molar-refractivity contribution in [2.75, 3.05) is 51.7 Å². The van der Waals surface area contributed by atoms with Gasteiger partial charge in [-0.3, -0.25) is 19.2 Å². The van der Waals surface area contributed by atoms with Gasteiger partial charge in [-0.25, -0.2) is 0 Å². The van der Waals surface area contributed by atoms with E-state index in [2.05, 4.69) is 37.2 Å². The Balaban J connectivity index is 1.11. The van der Waals surface area contributed by atoms with Gasteiger partial charge in [-0.15, -0.1) is 0 Å². The average Bonchev–Trinajstić information content (AvgIpc) is 3.63. The third-order valence-corrected chi connectivity index (χ3v) is 7.40. The molecule has 1 amide bonds. The first-order valence-electron chi connectivity index (χ1n) is 13.8. The summed E-state index contributed by atoms with van der Waals surface area (Å²) in [5.41, 5.74) is 3.72. The number of nitrogens with one attached hydrogen (secondary N) is 3. The Hall–Kier alpha value is -4.67. The van der Waals surface area contributed by atoms with E-state index in [1.807, 2.05) is 54.6 Å². The maximum atomic E-state index is 12.9. The summed E-state index contributed by atoms with van der Waals surface area (Å²) in [6, 6.07) is 19.4. The van der Waals surface area contributed by atoms with Gasteiger partial charge in [0.1, 0.15) is 12.4 Å². The third kappa shape index (κ3) is 6.40. The molecule has 1 aliphatic heterocycles. The van der Waals surface area contributed by atoms with E-state index >= 15 is 0 Å². The molecular weight excluding hydrogens is 518 g/mol. The van der Waals surface area contributed by atoms with Crippen LogP contribution in [0.4, 0.5) is 5.69 Å². The van der Waals surface area contributed by atoms with Crippen molar-refractivity contribution < 1.29 is 9.53 Å². The zero-order valence-electron chi connectivity index (χ0n) is 23.0. The third-order valence-electron chi connectivity index (χ3n) is 7.40. The molecule has 1 fully saturated rings. The maximum absolute atomic E-state index is 12.9. The van der Waals surface area contributed by atoms with Crippen LogP contribution in [0.1, 0.15) is 15.9 Å². The van der Waals surface area contributed by atoms with Crippen LogP contribution in [0.3, 0.4) is 0 Å². The molecule has 1 saturated heterocycles. The fourth-order valence-electron chi connectivity index (χ4n) is 5.01. The number of fused-ring (bicyclic) bond motifs is 1. The lowest BCUT2D eigenvalue weighted by molar-refractivity contribution is 0.102. The summed E-state index contributed by atoms with van der Waals surface area (Å²) in [4.78, 5) is 36.4. The molecule has 0 bridgehead atoms. The summed E-state index contributed by atoms with van der Waals surface area (Å²) in [6.45, 7) is 6.38. The molecule has 5 aromatic rings. The number of carbonyl (C=O) groups excluding carboxylic acids is 1. The number of hydrogen-bond donors (Lipinski definition) is 3. The Labute approximate surface area is 237 Å². The summed E-state index contributed by atoms with van der Waals surface area (Å²) in [5.74, 6) is 0.484. The van der Waals surface area contributed by atoms with Gasteiger partial charge >= 0.3 is 0 Å². The number of H-pyrrole nitrogens is 2. The van der Waals surface area contributed by atoms with Crippen molar-refractivity contribution in [3.05, 3.63) is 101 Å². The quantitative estimate of drug-likeness (QED) is 0.258. The highest BCUT2D eigenvalue weighted by Crippen LogP contribution is 2.27. The van der Waals surface area contributed by atoms with Crippen molar-refractivity contribution in [1.29, 1.82) is 0 Å². The molecule has 3 N–H and O–H groups in total. The second-order valence-corrected chi connectivity index (χ2v) is 10.4. The van der Waals surface area contributed by atoms with Crippen LogP contribution in [0.2, 0.25) is 0 Å². The molecule has 10 heteroatoms. The van der Waals surface area contributed by atoms with Crippen molar-refractivity contribution in [2.45, 2.75) is 6.54 Å². The monoisotopic (exact) mass is 551 g/mol. The summed E-state index contributed by atoms with van der Waals surface area (Å²) in [5, 5.41) is 8.12. The molecule has 0 unspecified atom stereocenters. The number of pyridine rings is 1. The normalized spacial score (nSPS) is 14.4. The van der Waals surface area contributed by atoms with Crippen LogP contribution in [0.25, 0.3) is 22.2 Å². The van der Waals surface area contributed by atoms with Gasteiger partial charge < -0.3 is 24.9 Å². The van der Waals surface area contributed by atoms with Crippen LogP contribution < -0.4 is 15.6 Å². The predicted molar refractivity (Wildman–Crippen MR) is 160 cm³/mol. The Kier molecular flexibility index (Phi) is 7.66. The molecule has 4 heterocycles. The Morgan fingerprint density at radius 3 is 2.71 bits per heavy atom. The van der Waals surface area contributed by atoms with Crippen LogP contribution in [0, 0.1) is 0 Å². The molecule has 10 nitrogen and oxygen atoms in total. The first kappa shape index (κ1) is 26.5. The zero-order chi connectivity index (χ0) is 28.2. The topological polar surface area (TPSA) is 111 Å². The van der Waals surface area contributed by atoms with Crippen LogP contribution in [-0.4, -0.2) is 81.8 Å². The van der Waals surface area contributed by atoms with Crippen molar-refractivity contribution in [2.24, 2.45) is 0 Å². The van der Waals surface area contributed by atoms with Crippen molar-refractivity contribution in [3.8, 4) is 17.0 Å². The number of amides is 1. The lowest BCUT2D eigenvalue weighted by Crippen LogP contribution is -2.45. The van der Waals surface area contributed by atoms with E-state index in [4.69, 9.17) is 4.74 Å². The van der Waals surface area contributed by atoms with Gasteiger partial charge in [-0.05, 0) is 42.9 Å². The van der Waals surface area contributed by atoms with Gasteiger partial charge in [0.25, 0.3) is 11.5 Å². The number of ether oxygens (including phenoxy) is 1. The molecule has 0 saturated carbocycles. The number of aromatic nitrogens is 4. The zero-order valence-corrected chi connectivity index (χ0v) is 23.0. The largest absolute Gasteiger partial charge is 0.492 e. The molecule has 0 atom stereocenters. The summed E-state index contributed by atoms with van der Waals surface area (Å²) >= 11 is 0. The number of benzene rings is 2. The van der Waals surface area contributed by atoms with Crippen LogP contribution in [0.15, 0.2) is 84.0 Å². The molecule has 0 radical (unpaired) electrons. The molecule has 41 heavy (non-hydrogen) atoms. The van der Waals surface area contributed by atoms with E-state index in [1.54, 1.807) is 16.9 Å². The van der Waals surface area contributed by atoms with E-state index in [9.17, 15) is 9.59 Å². The fraction of sp³-hybridized carbons (Fsp3) is 0.258. The Morgan fingerprint density at radius 2 is 1.88 bits per heavy atom. The van der Waals surface area contributed by atoms with Crippen molar-refractivity contribution in [1.82, 2.24) is 29.5 Å². The molecule has 6 rings (SSSR count). The van der Waals surface area contributed by atoms with Gasteiger partial charge in [0.2, 0.25) is 0 Å². The Morgan fingerprint density at radius 1 is 1.05 bits per heavy atom. The molecular formula is C31H33N7O3. The highest BCUT2D eigenvalue weighted by Gasteiger charge is 2.15. The van der Waals surface area contributed by atoms with Gasteiger partial charge in [0.15, 0.2) is 0 Å². The van der Waals surface area contributed by atoms with Gasteiger partial charge in [0.05, 0.1) is 35.2 Å². The molecule has 3 aromatic heterocycles. The first-order valence-corrected chi connectivity index (χ1v) is 13.8. The van der Waals surface area contributed by atoms with E-state index in [-0.39, 0.29) is 11.5 Å². The lowest BCUT2D eigenvalue weighted by atomic mass is 10.1. The molecule has 0 spiro atoms. The van der Waals surface area contributed by atoms with Crippen molar-refractivity contribution >= 4 is 22.5 Å². The number of rotatable bonds is 9. The summed E-state index contributed by atoms with van der Waals surface area (Å²) < 4.78 is 7.75. The second-order valence-electron chi connectivity index (χ2n) is 10.4. The van der Waals surface area contributed by atoms with Crippen LogP contribution >= 0.6 is 0 Å². The highest BCUT2D eigenvalue weighted by molar-refractivity contribution is 6.04. The van der Waals surface area contributed by atoms with E-state index < -0.39 is 0 Å². The molecule has 0 aliphatic carbocycles. The van der Waals surface area contributed by atoms with Gasteiger partial charge in [-0.1, -0.05) is 30.3 Å². The predicted octanol–water partition coefficient (Wildman–Crippen LogP) is 3.65. The Bertz CT molecular complexity index is 1700. The minimum Gasteiger partial charge on any atom is -0.492 e. The number of piperazine rings is 1. The maximum Gasteiger partial charge on any atom is 0.258 e.